The number of aryl methyl sites for hydroxylation is 2. The van der Waals surface area contributed by atoms with Gasteiger partial charge < -0.3 is 0 Å². The average Bonchev–Trinajstić information content (AvgIpc) is 2.78. The molecule has 158 valence electrons. The van der Waals surface area contributed by atoms with Crippen LogP contribution in [-0.2, 0) is 12.8 Å². The number of halogens is 1. The molecule has 1 aromatic heterocycles. The van der Waals surface area contributed by atoms with E-state index in [1.54, 1.807) is 6.07 Å². The van der Waals surface area contributed by atoms with Crippen molar-refractivity contribution in [1.82, 2.24) is 9.97 Å². The van der Waals surface area contributed by atoms with Crippen molar-refractivity contribution in [2.24, 2.45) is 0 Å². The molecule has 0 radical (unpaired) electrons. The third-order valence-corrected chi connectivity index (χ3v) is 5.59. The van der Waals surface area contributed by atoms with E-state index in [2.05, 4.69) is 35.9 Å². The second-order valence-corrected chi connectivity index (χ2v) is 8.07. The Balaban J connectivity index is 1.66. The Morgan fingerprint density at radius 3 is 1.93 bits per heavy atom. The number of rotatable bonds is 11. The lowest BCUT2D eigenvalue weighted by Crippen LogP contribution is -1.94. The van der Waals surface area contributed by atoms with Gasteiger partial charge in [-0.3, -0.25) is 0 Å². The standard InChI is InChI=1S/C27H33FN2/c1-3-5-7-9-11-22-19-29-27(30-20-22)24-16-17-25(26(28)18-24)23-14-12-21(13-15-23)10-8-6-4-2/h12-20H,3-11H2,1-2H3. The molecule has 2 aromatic carbocycles. The molecule has 0 saturated heterocycles. The molecule has 1 heterocycles. The zero-order valence-corrected chi connectivity index (χ0v) is 18.3. The predicted molar refractivity (Wildman–Crippen MR) is 124 cm³/mol. The maximum atomic E-state index is 14.8. The molecule has 30 heavy (non-hydrogen) atoms. The fourth-order valence-electron chi connectivity index (χ4n) is 3.71. The van der Waals surface area contributed by atoms with E-state index in [1.807, 2.05) is 36.7 Å². The zero-order valence-electron chi connectivity index (χ0n) is 18.3. The molecule has 0 N–H and O–H groups in total. The van der Waals surface area contributed by atoms with E-state index < -0.39 is 0 Å². The van der Waals surface area contributed by atoms with Crippen LogP contribution in [0.5, 0.6) is 0 Å². The van der Waals surface area contributed by atoms with Gasteiger partial charge in [-0.25, -0.2) is 14.4 Å². The smallest absolute Gasteiger partial charge is 0.159 e. The second kappa shape index (κ2) is 11.6. The van der Waals surface area contributed by atoms with Crippen molar-refractivity contribution in [2.45, 2.75) is 71.6 Å². The van der Waals surface area contributed by atoms with E-state index in [-0.39, 0.29) is 5.82 Å². The first-order valence-electron chi connectivity index (χ1n) is 11.4. The minimum Gasteiger partial charge on any atom is -0.236 e. The number of unbranched alkanes of at least 4 members (excludes halogenated alkanes) is 5. The first-order chi connectivity index (χ1) is 14.7. The van der Waals surface area contributed by atoms with Crippen LogP contribution >= 0.6 is 0 Å². The highest BCUT2D eigenvalue weighted by Crippen LogP contribution is 2.27. The summed E-state index contributed by atoms with van der Waals surface area (Å²) < 4.78 is 14.8. The van der Waals surface area contributed by atoms with Crippen LogP contribution in [0.1, 0.15) is 69.9 Å². The zero-order chi connectivity index (χ0) is 21.2. The summed E-state index contributed by atoms with van der Waals surface area (Å²) in [5.41, 5.74) is 4.69. The molecule has 3 aromatic rings. The molecule has 0 spiro atoms. The van der Waals surface area contributed by atoms with E-state index in [0.29, 0.717) is 17.0 Å². The van der Waals surface area contributed by atoms with E-state index in [9.17, 15) is 4.39 Å². The van der Waals surface area contributed by atoms with Gasteiger partial charge in [-0.2, -0.15) is 0 Å². The molecule has 0 aliphatic heterocycles. The van der Waals surface area contributed by atoms with E-state index >= 15 is 0 Å². The van der Waals surface area contributed by atoms with Crippen LogP contribution in [-0.4, -0.2) is 9.97 Å². The molecule has 3 heteroatoms. The van der Waals surface area contributed by atoms with Crippen LogP contribution in [0.3, 0.4) is 0 Å². The van der Waals surface area contributed by atoms with Gasteiger partial charge in [-0.05, 0) is 48.4 Å². The lowest BCUT2D eigenvalue weighted by atomic mass is 9.99. The minimum atomic E-state index is -0.238. The lowest BCUT2D eigenvalue weighted by molar-refractivity contribution is 0.631. The first kappa shape index (κ1) is 22.1. The van der Waals surface area contributed by atoms with Gasteiger partial charge in [0.05, 0.1) is 0 Å². The van der Waals surface area contributed by atoms with Gasteiger partial charge in [-0.15, -0.1) is 0 Å². The summed E-state index contributed by atoms with van der Waals surface area (Å²) in [6.07, 6.45) is 14.4. The van der Waals surface area contributed by atoms with E-state index in [0.717, 1.165) is 30.4 Å². The molecule has 0 amide bonds. The minimum absolute atomic E-state index is 0.238. The summed E-state index contributed by atoms with van der Waals surface area (Å²) in [4.78, 5) is 8.92. The maximum Gasteiger partial charge on any atom is 0.159 e. The second-order valence-electron chi connectivity index (χ2n) is 8.07. The Morgan fingerprint density at radius 1 is 0.667 bits per heavy atom. The van der Waals surface area contributed by atoms with Gasteiger partial charge in [0, 0.05) is 23.5 Å². The van der Waals surface area contributed by atoms with Crippen LogP contribution < -0.4 is 0 Å². The van der Waals surface area contributed by atoms with Crippen molar-refractivity contribution >= 4 is 0 Å². The summed E-state index contributed by atoms with van der Waals surface area (Å²) in [5.74, 6) is 0.336. The summed E-state index contributed by atoms with van der Waals surface area (Å²) in [6, 6.07) is 13.5. The predicted octanol–water partition coefficient (Wildman–Crippen LogP) is 7.81. The number of benzene rings is 2. The van der Waals surface area contributed by atoms with Crippen LogP contribution in [0.2, 0.25) is 0 Å². The lowest BCUT2D eigenvalue weighted by Gasteiger charge is -2.08. The molecule has 0 atom stereocenters. The van der Waals surface area contributed by atoms with Gasteiger partial charge in [0.2, 0.25) is 0 Å². The maximum absolute atomic E-state index is 14.8. The topological polar surface area (TPSA) is 25.8 Å². The fourth-order valence-corrected chi connectivity index (χ4v) is 3.71. The quantitative estimate of drug-likeness (QED) is 0.305. The molecule has 2 nitrogen and oxygen atoms in total. The molecule has 3 rings (SSSR count). The van der Waals surface area contributed by atoms with Crippen molar-refractivity contribution in [3.63, 3.8) is 0 Å². The number of hydrogen-bond donors (Lipinski definition) is 0. The Morgan fingerprint density at radius 2 is 1.27 bits per heavy atom. The van der Waals surface area contributed by atoms with Crippen molar-refractivity contribution < 1.29 is 4.39 Å². The highest BCUT2D eigenvalue weighted by atomic mass is 19.1. The third kappa shape index (κ3) is 6.22. The van der Waals surface area contributed by atoms with Crippen LogP contribution in [0.25, 0.3) is 22.5 Å². The van der Waals surface area contributed by atoms with Crippen LogP contribution in [0.15, 0.2) is 54.9 Å². The Bertz CT molecular complexity index is 901. The van der Waals surface area contributed by atoms with Crippen molar-refractivity contribution in [3.05, 3.63) is 71.8 Å². The van der Waals surface area contributed by atoms with Gasteiger partial charge >= 0.3 is 0 Å². The average molecular weight is 405 g/mol. The van der Waals surface area contributed by atoms with Crippen LogP contribution in [0.4, 0.5) is 4.39 Å². The highest BCUT2D eigenvalue weighted by Gasteiger charge is 2.09. The van der Waals surface area contributed by atoms with Crippen molar-refractivity contribution in [3.8, 4) is 22.5 Å². The molecule has 0 fully saturated rings. The largest absolute Gasteiger partial charge is 0.236 e. The van der Waals surface area contributed by atoms with Crippen molar-refractivity contribution in [1.29, 1.82) is 0 Å². The Hall–Kier alpha value is -2.55. The molecule has 0 aliphatic rings. The first-order valence-corrected chi connectivity index (χ1v) is 11.4. The van der Waals surface area contributed by atoms with Gasteiger partial charge in [-0.1, -0.05) is 82.3 Å². The molecular weight excluding hydrogens is 371 g/mol. The number of aromatic nitrogens is 2. The summed E-state index contributed by atoms with van der Waals surface area (Å²) >= 11 is 0. The highest BCUT2D eigenvalue weighted by molar-refractivity contribution is 5.68. The van der Waals surface area contributed by atoms with Crippen molar-refractivity contribution in [2.75, 3.05) is 0 Å². The van der Waals surface area contributed by atoms with Crippen LogP contribution in [0, 0.1) is 5.82 Å². The van der Waals surface area contributed by atoms with Gasteiger partial charge in [0.1, 0.15) is 5.82 Å². The molecular formula is C27H33FN2. The fraction of sp³-hybridized carbons (Fsp3) is 0.407. The van der Waals surface area contributed by atoms with E-state index in [4.69, 9.17) is 0 Å². The van der Waals surface area contributed by atoms with Gasteiger partial charge in [0.15, 0.2) is 5.82 Å². The van der Waals surface area contributed by atoms with E-state index in [1.165, 1.54) is 44.1 Å². The molecule has 0 saturated carbocycles. The molecule has 0 unspecified atom stereocenters. The summed E-state index contributed by atoms with van der Waals surface area (Å²) in [6.45, 7) is 4.43. The summed E-state index contributed by atoms with van der Waals surface area (Å²) in [7, 11) is 0. The molecule has 0 bridgehead atoms. The molecule has 0 aliphatic carbocycles. The Kier molecular flexibility index (Phi) is 8.55. The van der Waals surface area contributed by atoms with Gasteiger partial charge in [0.25, 0.3) is 0 Å². The number of nitrogens with zero attached hydrogens (tertiary/aromatic N) is 2. The third-order valence-electron chi connectivity index (χ3n) is 5.59. The monoisotopic (exact) mass is 404 g/mol. The normalized spacial score (nSPS) is 11.0. The Labute approximate surface area is 180 Å². The summed E-state index contributed by atoms with van der Waals surface area (Å²) in [5, 5.41) is 0. The SMILES string of the molecule is CCCCCCc1cnc(-c2ccc(-c3ccc(CCCCC)cc3)c(F)c2)nc1. The number of hydrogen-bond acceptors (Lipinski definition) is 2.